The summed E-state index contributed by atoms with van der Waals surface area (Å²) in [4.78, 5) is 41.3. The third-order valence-corrected chi connectivity index (χ3v) is 4.17. The van der Waals surface area contributed by atoms with E-state index in [0.717, 1.165) is 0 Å². The number of amides is 2. The summed E-state index contributed by atoms with van der Waals surface area (Å²) in [7, 11) is 0. The summed E-state index contributed by atoms with van der Waals surface area (Å²) in [5.41, 5.74) is 1.62. The first-order valence-corrected chi connectivity index (χ1v) is 9.07. The van der Waals surface area contributed by atoms with Crippen molar-refractivity contribution in [3.8, 4) is 0 Å². The van der Waals surface area contributed by atoms with Crippen molar-refractivity contribution in [2.24, 2.45) is 5.92 Å². The Balaban J connectivity index is 1.81. The van der Waals surface area contributed by atoms with Gasteiger partial charge in [0, 0.05) is 6.54 Å². The molecule has 144 valence electrons. The van der Waals surface area contributed by atoms with Crippen molar-refractivity contribution in [3.05, 3.63) is 70.6 Å². The van der Waals surface area contributed by atoms with Gasteiger partial charge in [0.15, 0.2) is 0 Å². The lowest BCUT2D eigenvalue weighted by molar-refractivity contribution is -0.116. The molecule has 7 nitrogen and oxygen atoms in total. The summed E-state index contributed by atoms with van der Waals surface area (Å²) in [6.45, 7) is 4.37. The molecule has 1 aromatic heterocycles. The van der Waals surface area contributed by atoms with Crippen LogP contribution >= 0.6 is 0 Å². The highest BCUT2D eigenvalue weighted by molar-refractivity contribution is 6.03. The number of carbonyl (C=O) groups excluding carboxylic acids is 2. The summed E-state index contributed by atoms with van der Waals surface area (Å²) < 4.78 is 1.36. The van der Waals surface area contributed by atoms with Crippen LogP contribution < -0.4 is 16.2 Å². The van der Waals surface area contributed by atoms with Gasteiger partial charge in [-0.15, -0.1) is 0 Å². The van der Waals surface area contributed by atoms with Crippen LogP contribution in [0.3, 0.4) is 0 Å². The van der Waals surface area contributed by atoms with Crippen molar-refractivity contribution < 1.29 is 9.59 Å². The molecule has 0 spiro atoms. The Bertz CT molecular complexity index is 1070. The second-order valence-corrected chi connectivity index (χ2v) is 6.87. The monoisotopic (exact) mass is 378 g/mol. The minimum Gasteiger partial charge on any atom is -0.352 e. The number of carbonyl (C=O) groups is 2. The minimum atomic E-state index is -0.400. The van der Waals surface area contributed by atoms with Gasteiger partial charge in [-0.05, 0) is 30.2 Å². The Hall–Kier alpha value is -3.48. The smallest absolute Gasteiger partial charge is 0.269 e. The highest BCUT2D eigenvalue weighted by atomic mass is 16.2. The van der Waals surface area contributed by atoms with Crippen molar-refractivity contribution in [1.29, 1.82) is 0 Å². The largest absolute Gasteiger partial charge is 0.352 e. The summed E-state index contributed by atoms with van der Waals surface area (Å²) in [5.74, 6) is -0.337. The van der Waals surface area contributed by atoms with Gasteiger partial charge < -0.3 is 10.6 Å². The van der Waals surface area contributed by atoms with Gasteiger partial charge in [0.2, 0.25) is 5.91 Å². The number of fused-ring (bicyclic) bond motifs is 1. The molecule has 0 saturated heterocycles. The maximum Gasteiger partial charge on any atom is 0.269 e. The molecule has 0 radical (unpaired) electrons. The summed E-state index contributed by atoms with van der Waals surface area (Å²) in [6.07, 6.45) is 1.20. The zero-order valence-corrected chi connectivity index (χ0v) is 15.8. The Kier molecular flexibility index (Phi) is 5.84. The van der Waals surface area contributed by atoms with Crippen LogP contribution in [-0.2, 0) is 11.3 Å². The lowest BCUT2D eigenvalue weighted by Crippen LogP contribution is -2.30. The molecule has 3 rings (SSSR count). The predicted octanol–water partition coefficient (Wildman–Crippen LogP) is 2.42. The third-order valence-electron chi connectivity index (χ3n) is 4.17. The van der Waals surface area contributed by atoms with E-state index >= 15 is 0 Å². The van der Waals surface area contributed by atoms with Crippen LogP contribution in [0.15, 0.2) is 59.5 Å². The summed E-state index contributed by atoms with van der Waals surface area (Å²) in [6, 6.07) is 13.9. The molecule has 0 unspecified atom stereocenters. The number of hydrogen-bond donors (Lipinski definition) is 2. The molecular formula is C21H22N4O3. The molecule has 0 aliphatic heterocycles. The Labute approximate surface area is 162 Å². The number of para-hydroxylation sites is 3. The predicted molar refractivity (Wildman–Crippen MR) is 108 cm³/mol. The number of hydrogen-bond acceptors (Lipinski definition) is 4. The molecule has 2 amide bonds. The molecule has 28 heavy (non-hydrogen) atoms. The standard InChI is InChI=1S/C21H22N4O3/c1-14(2)11-23-21(28)15-7-3-4-8-16(15)24-19(26)13-25-18-10-6-5-9-17(18)22-12-20(25)27/h3-10,12,14H,11,13H2,1-2H3,(H,23,28)(H,24,26). The first-order valence-electron chi connectivity index (χ1n) is 9.07. The average molecular weight is 378 g/mol. The first kappa shape index (κ1) is 19.3. The lowest BCUT2D eigenvalue weighted by atomic mass is 10.1. The van der Waals surface area contributed by atoms with Gasteiger partial charge in [-0.1, -0.05) is 38.1 Å². The molecule has 2 aromatic carbocycles. The topological polar surface area (TPSA) is 93.1 Å². The van der Waals surface area contributed by atoms with E-state index < -0.39 is 5.91 Å². The van der Waals surface area contributed by atoms with Crippen LogP contribution in [0.2, 0.25) is 0 Å². The molecular weight excluding hydrogens is 356 g/mol. The molecule has 3 aromatic rings. The van der Waals surface area contributed by atoms with Crippen molar-refractivity contribution >= 4 is 28.5 Å². The number of rotatable bonds is 6. The van der Waals surface area contributed by atoms with Gasteiger partial charge in [0.05, 0.1) is 28.5 Å². The fourth-order valence-electron chi connectivity index (χ4n) is 2.79. The zero-order valence-electron chi connectivity index (χ0n) is 15.8. The highest BCUT2D eigenvalue weighted by Gasteiger charge is 2.14. The van der Waals surface area contributed by atoms with Gasteiger partial charge in [-0.25, -0.2) is 4.98 Å². The van der Waals surface area contributed by atoms with Crippen LogP contribution in [0.1, 0.15) is 24.2 Å². The van der Waals surface area contributed by atoms with Crippen LogP contribution in [0, 0.1) is 5.92 Å². The second-order valence-electron chi connectivity index (χ2n) is 6.87. The Morgan fingerprint density at radius 3 is 2.57 bits per heavy atom. The van der Waals surface area contributed by atoms with E-state index in [-0.39, 0.29) is 18.0 Å². The molecule has 0 aliphatic rings. The molecule has 0 fully saturated rings. The Morgan fingerprint density at radius 1 is 1.07 bits per heavy atom. The van der Waals surface area contributed by atoms with Crippen molar-refractivity contribution in [2.75, 3.05) is 11.9 Å². The van der Waals surface area contributed by atoms with E-state index in [1.807, 2.05) is 19.9 Å². The van der Waals surface area contributed by atoms with E-state index in [1.165, 1.54) is 10.8 Å². The van der Waals surface area contributed by atoms with Crippen molar-refractivity contribution in [3.63, 3.8) is 0 Å². The lowest BCUT2D eigenvalue weighted by Gasteiger charge is -2.13. The fraction of sp³-hybridized carbons (Fsp3) is 0.238. The number of anilines is 1. The number of nitrogens with one attached hydrogen (secondary N) is 2. The van der Waals surface area contributed by atoms with E-state index in [1.54, 1.807) is 42.5 Å². The molecule has 7 heteroatoms. The molecule has 0 bridgehead atoms. The average Bonchev–Trinajstić information content (AvgIpc) is 2.68. The van der Waals surface area contributed by atoms with Gasteiger partial charge >= 0.3 is 0 Å². The first-order chi connectivity index (χ1) is 13.5. The van der Waals surface area contributed by atoms with Crippen molar-refractivity contribution in [1.82, 2.24) is 14.9 Å². The molecule has 0 atom stereocenters. The number of benzene rings is 2. The normalized spacial score (nSPS) is 10.8. The highest BCUT2D eigenvalue weighted by Crippen LogP contribution is 2.15. The molecule has 0 saturated carbocycles. The SMILES string of the molecule is CC(C)CNC(=O)c1ccccc1NC(=O)Cn1c(=O)cnc2ccccc21. The van der Waals surface area contributed by atoms with Gasteiger partial charge in [0.25, 0.3) is 11.5 Å². The molecule has 0 aliphatic carbocycles. The maximum atomic E-state index is 12.6. The van der Waals surface area contributed by atoms with Gasteiger partial charge in [-0.3, -0.25) is 19.0 Å². The van der Waals surface area contributed by atoms with E-state index in [9.17, 15) is 14.4 Å². The molecule has 2 N–H and O–H groups in total. The Morgan fingerprint density at radius 2 is 1.79 bits per heavy atom. The molecule has 1 heterocycles. The van der Waals surface area contributed by atoms with Crippen LogP contribution in [-0.4, -0.2) is 27.9 Å². The maximum absolute atomic E-state index is 12.6. The van der Waals surface area contributed by atoms with Crippen LogP contribution in [0.5, 0.6) is 0 Å². The summed E-state index contributed by atoms with van der Waals surface area (Å²) >= 11 is 0. The van der Waals surface area contributed by atoms with Gasteiger partial charge in [-0.2, -0.15) is 0 Å². The van der Waals surface area contributed by atoms with Crippen molar-refractivity contribution in [2.45, 2.75) is 20.4 Å². The summed E-state index contributed by atoms with van der Waals surface area (Å²) in [5, 5.41) is 5.58. The van der Waals surface area contributed by atoms with Crippen LogP contribution in [0.25, 0.3) is 11.0 Å². The number of aromatic nitrogens is 2. The fourth-order valence-corrected chi connectivity index (χ4v) is 2.79. The van der Waals surface area contributed by atoms with Crippen LogP contribution in [0.4, 0.5) is 5.69 Å². The minimum absolute atomic E-state index is 0.177. The van der Waals surface area contributed by atoms with Gasteiger partial charge in [0.1, 0.15) is 6.54 Å². The van der Waals surface area contributed by atoms with E-state index in [4.69, 9.17) is 0 Å². The second kappa shape index (κ2) is 8.47. The quantitative estimate of drug-likeness (QED) is 0.689. The third kappa shape index (κ3) is 4.43. The zero-order chi connectivity index (χ0) is 20.1. The number of nitrogens with zero attached hydrogens (tertiary/aromatic N) is 2. The van der Waals surface area contributed by atoms with E-state index in [2.05, 4.69) is 15.6 Å². The van der Waals surface area contributed by atoms with E-state index in [0.29, 0.717) is 34.7 Å².